The first-order valence-corrected chi connectivity index (χ1v) is 9.33. The Labute approximate surface area is 163 Å². The lowest BCUT2D eigenvalue weighted by Gasteiger charge is -2.32. The number of hydrogen-bond acceptors (Lipinski definition) is 4. The second-order valence-corrected chi connectivity index (χ2v) is 7.33. The van der Waals surface area contributed by atoms with Crippen LogP contribution in [0.2, 0.25) is 5.02 Å². The van der Waals surface area contributed by atoms with Crippen molar-refractivity contribution in [3.8, 4) is 0 Å². The Hall–Kier alpha value is -2.44. The van der Waals surface area contributed by atoms with Gasteiger partial charge in [0.2, 0.25) is 5.91 Å². The lowest BCUT2D eigenvalue weighted by Crippen LogP contribution is -2.40. The van der Waals surface area contributed by atoms with Crippen molar-refractivity contribution in [1.29, 1.82) is 0 Å². The number of carbonyl (C=O) groups is 1. The molecule has 1 heterocycles. The summed E-state index contributed by atoms with van der Waals surface area (Å²) in [5, 5.41) is 14.7. The van der Waals surface area contributed by atoms with Gasteiger partial charge in [-0.05, 0) is 50.1 Å². The van der Waals surface area contributed by atoms with Crippen LogP contribution in [0, 0.1) is 23.0 Å². The first-order valence-electron chi connectivity index (χ1n) is 8.95. The third-order valence-electron chi connectivity index (χ3n) is 4.96. The Morgan fingerprint density at radius 2 is 2.04 bits per heavy atom. The third kappa shape index (κ3) is 4.84. The Morgan fingerprint density at radius 1 is 1.30 bits per heavy atom. The summed E-state index contributed by atoms with van der Waals surface area (Å²) < 4.78 is 0. The number of piperidine rings is 1. The summed E-state index contributed by atoms with van der Waals surface area (Å²) in [6.07, 6.45) is 1.76. The predicted molar refractivity (Wildman–Crippen MR) is 106 cm³/mol. The van der Waals surface area contributed by atoms with E-state index in [4.69, 9.17) is 11.6 Å². The number of nitro groups is 1. The molecule has 2 aromatic carbocycles. The SMILES string of the molecule is Cc1c(NC(=O)C2CCCN(Cc3ccc(Cl)cc3)C2)cccc1[N+](=O)[O-]. The summed E-state index contributed by atoms with van der Waals surface area (Å²) in [6, 6.07) is 12.5. The Morgan fingerprint density at radius 3 is 2.74 bits per heavy atom. The van der Waals surface area contributed by atoms with E-state index in [9.17, 15) is 14.9 Å². The zero-order chi connectivity index (χ0) is 19.4. The quantitative estimate of drug-likeness (QED) is 0.609. The summed E-state index contributed by atoms with van der Waals surface area (Å²) in [5.74, 6) is -0.218. The van der Waals surface area contributed by atoms with Gasteiger partial charge in [-0.15, -0.1) is 0 Å². The average Bonchev–Trinajstić information content (AvgIpc) is 2.65. The summed E-state index contributed by atoms with van der Waals surface area (Å²) in [4.78, 5) is 25.6. The van der Waals surface area contributed by atoms with Gasteiger partial charge in [-0.3, -0.25) is 19.8 Å². The van der Waals surface area contributed by atoms with Crippen LogP contribution in [0.15, 0.2) is 42.5 Å². The van der Waals surface area contributed by atoms with Crippen molar-refractivity contribution in [2.24, 2.45) is 5.92 Å². The predicted octanol–water partition coefficient (Wildman–Crippen LogP) is 4.41. The van der Waals surface area contributed by atoms with Crippen LogP contribution in [0.3, 0.4) is 0 Å². The van der Waals surface area contributed by atoms with E-state index in [2.05, 4.69) is 10.2 Å². The van der Waals surface area contributed by atoms with Gasteiger partial charge in [0.05, 0.1) is 22.1 Å². The first kappa shape index (κ1) is 19.3. The number of rotatable bonds is 5. The van der Waals surface area contributed by atoms with Gasteiger partial charge < -0.3 is 5.32 Å². The van der Waals surface area contributed by atoms with Crippen LogP contribution in [0.25, 0.3) is 0 Å². The maximum absolute atomic E-state index is 12.7. The van der Waals surface area contributed by atoms with Crippen LogP contribution in [-0.2, 0) is 11.3 Å². The normalized spacial score (nSPS) is 17.5. The molecule has 7 heteroatoms. The second-order valence-electron chi connectivity index (χ2n) is 6.90. The van der Waals surface area contributed by atoms with Crippen molar-refractivity contribution in [2.75, 3.05) is 18.4 Å². The number of anilines is 1. The number of likely N-dealkylation sites (tertiary alicyclic amines) is 1. The smallest absolute Gasteiger partial charge is 0.274 e. The summed E-state index contributed by atoms with van der Waals surface area (Å²) in [5.41, 5.74) is 2.16. The molecule has 1 amide bonds. The molecule has 27 heavy (non-hydrogen) atoms. The lowest BCUT2D eigenvalue weighted by atomic mass is 9.96. The standard InChI is InChI=1S/C20H22ClN3O3/c1-14-18(5-2-6-19(14)24(26)27)22-20(25)16-4-3-11-23(13-16)12-15-7-9-17(21)10-8-15/h2,5-10,16H,3-4,11-13H2,1H3,(H,22,25). The fourth-order valence-corrected chi connectivity index (χ4v) is 3.58. The molecule has 3 rings (SSSR count). The molecule has 0 bridgehead atoms. The van der Waals surface area contributed by atoms with Crippen molar-refractivity contribution >= 4 is 28.9 Å². The third-order valence-corrected chi connectivity index (χ3v) is 5.21. The number of nitrogens with one attached hydrogen (secondary N) is 1. The molecule has 6 nitrogen and oxygen atoms in total. The van der Waals surface area contributed by atoms with Crippen LogP contribution in [0.4, 0.5) is 11.4 Å². The van der Waals surface area contributed by atoms with Crippen molar-refractivity contribution in [3.63, 3.8) is 0 Å². The highest BCUT2D eigenvalue weighted by Crippen LogP contribution is 2.27. The molecule has 1 N–H and O–H groups in total. The minimum absolute atomic E-state index is 0.0146. The van der Waals surface area contributed by atoms with Gasteiger partial charge >= 0.3 is 0 Å². The van der Waals surface area contributed by atoms with Gasteiger partial charge in [-0.25, -0.2) is 0 Å². The largest absolute Gasteiger partial charge is 0.325 e. The monoisotopic (exact) mass is 387 g/mol. The van der Waals surface area contributed by atoms with Crippen LogP contribution >= 0.6 is 11.6 Å². The highest BCUT2D eigenvalue weighted by atomic mass is 35.5. The number of carbonyl (C=O) groups excluding carboxylic acids is 1. The molecule has 0 radical (unpaired) electrons. The minimum atomic E-state index is -0.431. The summed E-state index contributed by atoms with van der Waals surface area (Å²) in [6.45, 7) is 4.04. The van der Waals surface area contributed by atoms with E-state index in [0.29, 0.717) is 22.8 Å². The van der Waals surface area contributed by atoms with Gasteiger partial charge in [-0.1, -0.05) is 29.8 Å². The summed E-state index contributed by atoms with van der Waals surface area (Å²) in [7, 11) is 0. The number of nitro benzene ring substituents is 1. The van der Waals surface area contributed by atoms with Crippen molar-refractivity contribution in [2.45, 2.75) is 26.3 Å². The Balaban J connectivity index is 1.64. The van der Waals surface area contributed by atoms with Gasteiger partial charge in [0.15, 0.2) is 0 Å². The van der Waals surface area contributed by atoms with Gasteiger partial charge in [0.1, 0.15) is 0 Å². The molecule has 1 fully saturated rings. The topological polar surface area (TPSA) is 75.5 Å². The van der Waals surface area contributed by atoms with Gasteiger partial charge in [0.25, 0.3) is 5.69 Å². The fraction of sp³-hybridized carbons (Fsp3) is 0.350. The van der Waals surface area contributed by atoms with E-state index < -0.39 is 4.92 Å². The van der Waals surface area contributed by atoms with Gasteiger partial charge in [0, 0.05) is 24.2 Å². The van der Waals surface area contributed by atoms with E-state index in [-0.39, 0.29) is 17.5 Å². The molecule has 0 aliphatic carbocycles. The maximum Gasteiger partial charge on any atom is 0.274 e. The van der Waals surface area contributed by atoms with E-state index in [1.807, 2.05) is 24.3 Å². The molecule has 142 valence electrons. The molecular formula is C20H22ClN3O3. The molecule has 1 unspecified atom stereocenters. The van der Waals surface area contributed by atoms with E-state index >= 15 is 0 Å². The highest BCUT2D eigenvalue weighted by molar-refractivity contribution is 6.30. The zero-order valence-electron chi connectivity index (χ0n) is 15.2. The Bertz CT molecular complexity index is 839. The molecule has 1 aliphatic heterocycles. The second kappa shape index (κ2) is 8.50. The first-order chi connectivity index (χ1) is 12.9. The summed E-state index contributed by atoms with van der Waals surface area (Å²) >= 11 is 5.93. The number of benzene rings is 2. The average molecular weight is 388 g/mol. The molecule has 2 aromatic rings. The van der Waals surface area contributed by atoms with E-state index in [1.165, 1.54) is 6.07 Å². The molecule has 1 saturated heterocycles. The van der Waals surface area contributed by atoms with Crippen molar-refractivity contribution in [1.82, 2.24) is 4.90 Å². The number of hydrogen-bond donors (Lipinski definition) is 1. The number of nitrogens with zero attached hydrogens (tertiary/aromatic N) is 2. The molecule has 0 spiro atoms. The minimum Gasteiger partial charge on any atom is -0.325 e. The molecular weight excluding hydrogens is 366 g/mol. The van der Waals surface area contributed by atoms with Crippen LogP contribution in [0.5, 0.6) is 0 Å². The maximum atomic E-state index is 12.7. The number of halogens is 1. The lowest BCUT2D eigenvalue weighted by molar-refractivity contribution is -0.385. The molecule has 0 saturated carbocycles. The van der Waals surface area contributed by atoms with E-state index in [0.717, 1.165) is 31.5 Å². The van der Waals surface area contributed by atoms with Crippen LogP contribution in [0.1, 0.15) is 24.0 Å². The molecule has 1 atom stereocenters. The Kier molecular flexibility index (Phi) is 6.08. The van der Waals surface area contributed by atoms with Crippen LogP contribution in [-0.4, -0.2) is 28.8 Å². The van der Waals surface area contributed by atoms with Gasteiger partial charge in [-0.2, -0.15) is 0 Å². The van der Waals surface area contributed by atoms with E-state index in [1.54, 1.807) is 19.1 Å². The molecule has 0 aromatic heterocycles. The fourth-order valence-electron chi connectivity index (χ4n) is 3.45. The van der Waals surface area contributed by atoms with Crippen LogP contribution < -0.4 is 5.32 Å². The molecule has 1 aliphatic rings. The number of amides is 1. The zero-order valence-corrected chi connectivity index (χ0v) is 15.9. The van der Waals surface area contributed by atoms with Crippen molar-refractivity contribution in [3.05, 3.63) is 68.7 Å². The van der Waals surface area contributed by atoms with Crippen molar-refractivity contribution < 1.29 is 9.72 Å². The highest BCUT2D eigenvalue weighted by Gasteiger charge is 2.26.